The van der Waals surface area contributed by atoms with Gasteiger partial charge in [0, 0.05) is 18.5 Å². The van der Waals surface area contributed by atoms with E-state index in [1.807, 2.05) is 51.2 Å². The molecule has 1 saturated heterocycles. The molecule has 2 atom stereocenters. The Morgan fingerprint density at radius 1 is 1.38 bits per heavy atom. The lowest BCUT2D eigenvalue weighted by Crippen LogP contribution is -2.37. The molecule has 1 aromatic heterocycles. The maximum Gasteiger partial charge on any atom is 0.244 e. The van der Waals surface area contributed by atoms with Crippen molar-refractivity contribution in [1.82, 2.24) is 20.4 Å². The molecule has 1 aromatic carbocycles. The second kappa shape index (κ2) is 7.13. The van der Waals surface area contributed by atoms with E-state index in [1.54, 1.807) is 0 Å². The Kier molecular flexibility index (Phi) is 4.94. The Bertz CT molecular complexity index is 683. The number of hydrogen-bond acceptors (Lipinski definition) is 5. The van der Waals surface area contributed by atoms with Crippen LogP contribution in [0.1, 0.15) is 49.5 Å². The summed E-state index contributed by atoms with van der Waals surface area (Å²) in [6.45, 7) is 4.86. The Labute approximate surface area is 142 Å². The SMILES string of the molecule is CC(C)c1noc([C@H]2C[C@H](NC(=O)Cc3ccccc3)CN2C)n1. The molecule has 6 nitrogen and oxygen atoms in total. The lowest BCUT2D eigenvalue weighted by molar-refractivity contribution is -0.121. The fourth-order valence-corrected chi connectivity index (χ4v) is 3.07. The second-order valence-electron chi connectivity index (χ2n) is 6.76. The predicted octanol–water partition coefficient (Wildman–Crippen LogP) is 2.30. The minimum Gasteiger partial charge on any atom is -0.352 e. The predicted molar refractivity (Wildman–Crippen MR) is 90.5 cm³/mol. The molecule has 0 bridgehead atoms. The number of amides is 1. The van der Waals surface area contributed by atoms with Crippen LogP contribution in [0.4, 0.5) is 0 Å². The minimum atomic E-state index is 0.0497. The van der Waals surface area contributed by atoms with Crippen molar-refractivity contribution in [2.75, 3.05) is 13.6 Å². The number of hydrogen-bond donors (Lipinski definition) is 1. The normalized spacial score (nSPS) is 21.3. The number of likely N-dealkylation sites (tertiary alicyclic amines) is 1. The molecule has 0 spiro atoms. The van der Waals surface area contributed by atoms with Crippen LogP contribution in [0, 0.1) is 0 Å². The van der Waals surface area contributed by atoms with Gasteiger partial charge in [-0.05, 0) is 19.0 Å². The molecule has 3 rings (SSSR count). The zero-order valence-corrected chi connectivity index (χ0v) is 14.4. The summed E-state index contributed by atoms with van der Waals surface area (Å²) >= 11 is 0. The average Bonchev–Trinajstić information content (AvgIpc) is 3.15. The third-order valence-corrected chi connectivity index (χ3v) is 4.38. The highest BCUT2D eigenvalue weighted by Gasteiger charge is 2.35. The molecule has 0 radical (unpaired) electrons. The van der Waals surface area contributed by atoms with Gasteiger partial charge in [-0.25, -0.2) is 0 Å². The highest BCUT2D eigenvalue weighted by Crippen LogP contribution is 2.30. The first-order chi connectivity index (χ1) is 11.5. The maximum absolute atomic E-state index is 12.2. The van der Waals surface area contributed by atoms with Crippen molar-refractivity contribution in [2.24, 2.45) is 0 Å². The molecule has 128 valence electrons. The zero-order chi connectivity index (χ0) is 17.1. The molecule has 1 aliphatic rings. The van der Waals surface area contributed by atoms with E-state index < -0.39 is 0 Å². The zero-order valence-electron chi connectivity index (χ0n) is 14.4. The van der Waals surface area contributed by atoms with Crippen molar-refractivity contribution in [3.63, 3.8) is 0 Å². The van der Waals surface area contributed by atoms with Gasteiger partial charge < -0.3 is 9.84 Å². The van der Waals surface area contributed by atoms with Crippen LogP contribution in [-0.4, -0.2) is 40.6 Å². The van der Waals surface area contributed by atoms with Crippen molar-refractivity contribution in [3.8, 4) is 0 Å². The van der Waals surface area contributed by atoms with Crippen LogP contribution in [0.3, 0.4) is 0 Å². The summed E-state index contributed by atoms with van der Waals surface area (Å²) in [6, 6.07) is 9.95. The van der Waals surface area contributed by atoms with E-state index in [2.05, 4.69) is 20.4 Å². The molecule has 6 heteroatoms. The van der Waals surface area contributed by atoms with Gasteiger partial charge in [0.25, 0.3) is 0 Å². The van der Waals surface area contributed by atoms with Gasteiger partial charge in [0.1, 0.15) is 0 Å². The van der Waals surface area contributed by atoms with Gasteiger partial charge in [-0.3, -0.25) is 9.69 Å². The monoisotopic (exact) mass is 328 g/mol. The van der Waals surface area contributed by atoms with Crippen molar-refractivity contribution in [2.45, 2.75) is 44.7 Å². The van der Waals surface area contributed by atoms with E-state index in [0.29, 0.717) is 12.3 Å². The molecule has 2 aromatic rings. The van der Waals surface area contributed by atoms with Crippen LogP contribution in [0.2, 0.25) is 0 Å². The largest absolute Gasteiger partial charge is 0.352 e. The summed E-state index contributed by atoms with van der Waals surface area (Å²) in [5, 5.41) is 7.15. The number of carbonyl (C=O) groups excluding carboxylic acids is 1. The van der Waals surface area contributed by atoms with Gasteiger partial charge in [0.05, 0.1) is 12.5 Å². The first kappa shape index (κ1) is 16.6. The van der Waals surface area contributed by atoms with Gasteiger partial charge in [-0.1, -0.05) is 49.3 Å². The highest BCUT2D eigenvalue weighted by atomic mass is 16.5. The topological polar surface area (TPSA) is 71.3 Å². The first-order valence-corrected chi connectivity index (χ1v) is 8.40. The van der Waals surface area contributed by atoms with Crippen LogP contribution in [0.25, 0.3) is 0 Å². The van der Waals surface area contributed by atoms with Crippen molar-refractivity contribution in [1.29, 1.82) is 0 Å². The lowest BCUT2D eigenvalue weighted by atomic mass is 10.1. The van der Waals surface area contributed by atoms with E-state index in [4.69, 9.17) is 4.52 Å². The number of likely N-dealkylation sites (N-methyl/N-ethyl adjacent to an activating group) is 1. The Morgan fingerprint density at radius 2 is 2.12 bits per heavy atom. The maximum atomic E-state index is 12.2. The summed E-state index contributed by atoms with van der Waals surface area (Å²) < 4.78 is 5.41. The van der Waals surface area contributed by atoms with Gasteiger partial charge in [0.15, 0.2) is 5.82 Å². The molecule has 1 N–H and O–H groups in total. The van der Waals surface area contributed by atoms with E-state index in [9.17, 15) is 4.79 Å². The smallest absolute Gasteiger partial charge is 0.244 e. The molecule has 0 unspecified atom stereocenters. The van der Waals surface area contributed by atoms with Crippen molar-refractivity contribution in [3.05, 3.63) is 47.6 Å². The highest BCUT2D eigenvalue weighted by molar-refractivity contribution is 5.78. The molecule has 1 aliphatic heterocycles. The van der Waals surface area contributed by atoms with Crippen LogP contribution >= 0.6 is 0 Å². The fourth-order valence-electron chi connectivity index (χ4n) is 3.07. The number of carbonyl (C=O) groups is 1. The fraction of sp³-hybridized carbons (Fsp3) is 0.500. The molecular formula is C18H24N4O2. The van der Waals surface area contributed by atoms with Crippen LogP contribution in [0.15, 0.2) is 34.9 Å². The minimum absolute atomic E-state index is 0.0497. The molecule has 24 heavy (non-hydrogen) atoms. The summed E-state index contributed by atoms with van der Waals surface area (Å²) in [5.74, 6) is 1.67. The number of aromatic nitrogens is 2. The Morgan fingerprint density at radius 3 is 2.79 bits per heavy atom. The lowest BCUT2D eigenvalue weighted by Gasteiger charge is -2.14. The molecule has 1 amide bonds. The molecule has 2 heterocycles. The molecule has 0 aliphatic carbocycles. The van der Waals surface area contributed by atoms with Crippen molar-refractivity contribution >= 4 is 5.91 Å². The quantitative estimate of drug-likeness (QED) is 0.912. The Balaban J connectivity index is 1.58. The van der Waals surface area contributed by atoms with Gasteiger partial charge in [-0.2, -0.15) is 4.98 Å². The standard InChI is InChI=1S/C18H24N4O2/c1-12(2)17-20-18(24-21-17)15-10-14(11-22(15)3)19-16(23)9-13-7-5-4-6-8-13/h4-8,12,14-15H,9-11H2,1-3H3,(H,19,23)/t14-,15+/m0/s1. The van der Waals surface area contributed by atoms with Gasteiger partial charge in [-0.15, -0.1) is 0 Å². The van der Waals surface area contributed by atoms with Gasteiger partial charge in [0.2, 0.25) is 11.8 Å². The van der Waals surface area contributed by atoms with E-state index in [-0.39, 0.29) is 23.9 Å². The number of benzene rings is 1. The summed E-state index contributed by atoms with van der Waals surface area (Å²) in [4.78, 5) is 18.9. The third-order valence-electron chi connectivity index (χ3n) is 4.38. The van der Waals surface area contributed by atoms with E-state index in [1.165, 1.54) is 0 Å². The van der Waals surface area contributed by atoms with Crippen LogP contribution in [0.5, 0.6) is 0 Å². The Hall–Kier alpha value is -2.21. The molecule has 1 fully saturated rings. The number of nitrogens with zero attached hydrogens (tertiary/aromatic N) is 3. The summed E-state index contributed by atoms with van der Waals surface area (Å²) in [5.41, 5.74) is 1.02. The van der Waals surface area contributed by atoms with Crippen molar-refractivity contribution < 1.29 is 9.32 Å². The van der Waals surface area contributed by atoms with Crippen LogP contribution < -0.4 is 5.32 Å². The third kappa shape index (κ3) is 3.82. The number of nitrogens with one attached hydrogen (secondary N) is 1. The summed E-state index contributed by atoms with van der Waals surface area (Å²) in [7, 11) is 2.02. The van der Waals surface area contributed by atoms with Crippen LogP contribution in [-0.2, 0) is 11.2 Å². The molecule has 0 saturated carbocycles. The summed E-state index contributed by atoms with van der Waals surface area (Å²) in [6.07, 6.45) is 1.19. The van der Waals surface area contributed by atoms with E-state index >= 15 is 0 Å². The van der Waals surface area contributed by atoms with E-state index in [0.717, 1.165) is 24.4 Å². The average molecular weight is 328 g/mol. The molecular weight excluding hydrogens is 304 g/mol. The van der Waals surface area contributed by atoms with Gasteiger partial charge >= 0.3 is 0 Å². The first-order valence-electron chi connectivity index (χ1n) is 8.40. The number of rotatable bonds is 5. The second-order valence-corrected chi connectivity index (χ2v) is 6.76.